The second kappa shape index (κ2) is 9.80. The van der Waals surface area contributed by atoms with Gasteiger partial charge in [-0.3, -0.25) is 24.5 Å². The minimum atomic E-state index is -1.15. The Balaban J connectivity index is 1.45. The molecule has 0 spiro atoms. The van der Waals surface area contributed by atoms with Crippen molar-refractivity contribution in [3.63, 3.8) is 0 Å². The number of amides is 2. The number of nitrogens with zero attached hydrogens (tertiary/aromatic N) is 2. The maximum Gasteiger partial charge on any atom is 0.319 e. The van der Waals surface area contributed by atoms with Gasteiger partial charge in [0.1, 0.15) is 22.9 Å². The molecule has 0 bridgehead atoms. The summed E-state index contributed by atoms with van der Waals surface area (Å²) in [5, 5.41) is 13.8. The summed E-state index contributed by atoms with van der Waals surface area (Å²) in [7, 11) is 2.91. The number of hydrogen-bond donors (Lipinski definition) is 0. The predicted octanol–water partition coefficient (Wildman–Crippen LogP) is 5.29. The zero-order valence-corrected chi connectivity index (χ0v) is 23.1. The van der Waals surface area contributed by atoms with Gasteiger partial charge in [-0.15, -0.1) is 0 Å². The highest BCUT2D eigenvalue weighted by Gasteiger charge is 2.61. The van der Waals surface area contributed by atoms with Crippen LogP contribution in [0.15, 0.2) is 84.9 Å². The zero-order chi connectivity index (χ0) is 30.0. The van der Waals surface area contributed by atoms with Gasteiger partial charge in [0, 0.05) is 11.5 Å². The van der Waals surface area contributed by atoms with E-state index in [4.69, 9.17) is 14.2 Å². The van der Waals surface area contributed by atoms with Gasteiger partial charge in [-0.25, -0.2) is 4.90 Å². The summed E-state index contributed by atoms with van der Waals surface area (Å²) in [4.78, 5) is 54.5. The van der Waals surface area contributed by atoms with Crippen LogP contribution in [-0.2, 0) is 14.4 Å². The third-order valence-electron chi connectivity index (χ3n) is 8.60. The quantitative estimate of drug-likeness (QED) is 0.103. The molecule has 2 amide bonds. The summed E-state index contributed by atoms with van der Waals surface area (Å²) in [5.41, 5.74) is 1.37. The fourth-order valence-electron chi connectivity index (χ4n) is 6.69. The van der Waals surface area contributed by atoms with E-state index in [0.717, 1.165) is 21.2 Å². The molecule has 1 saturated heterocycles. The summed E-state index contributed by atoms with van der Waals surface area (Å²) in [6, 6.07) is 22.4. The molecule has 7 rings (SSSR count). The summed E-state index contributed by atoms with van der Waals surface area (Å²) in [6.45, 7) is 0. The van der Waals surface area contributed by atoms with E-state index in [1.165, 1.54) is 25.3 Å². The standard InChI is InChI=1S/C33H24N2O8/c1-41-19-10-7-18(8-11-19)22-16-23-27-21-6-4-3-5-17(21)9-14-26(27)43-33(38)29(23)30-28(22)31(36)34(32(30)37)24-13-12-20(42-2)15-25(24)35(39)40/h3-16,22,28-30H,1-2H3/t22-,28+,29-,30+/m0/s1. The van der Waals surface area contributed by atoms with Crippen LogP contribution >= 0.6 is 0 Å². The first kappa shape index (κ1) is 26.4. The zero-order valence-electron chi connectivity index (χ0n) is 23.1. The molecule has 4 aromatic rings. The van der Waals surface area contributed by atoms with E-state index in [1.807, 2.05) is 48.5 Å². The fourth-order valence-corrected chi connectivity index (χ4v) is 6.69. The molecule has 2 heterocycles. The van der Waals surface area contributed by atoms with E-state index in [2.05, 4.69) is 0 Å². The maximum atomic E-state index is 14.3. The second-order valence-electron chi connectivity index (χ2n) is 10.7. The van der Waals surface area contributed by atoms with Crippen LogP contribution in [0.5, 0.6) is 17.2 Å². The van der Waals surface area contributed by atoms with Gasteiger partial charge in [0.25, 0.3) is 5.69 Å². The summed E-state index contributed by atoms with van der Waals surface area (Å²) < 4.78 is 16.3. The molecule has 4 aromatic carbocycles. The molecule has 0 unspecified atom stereocenters. The van der Waals surface area contributed by atoms with E-state index in [9.17, 15) is 24.5 Å². The molecule has 0 saturated carbocycles. The number of fused-ring (bicyclic) bond motifs is 7. The minimum absolute atomic E-state index is 0.180. The summed E-state index contributed by atoms with van der Waals surface area (Å²) in [6.07, 6.45) is 1.89. The fraction of sp³-hybridized carbons (Fsp3) is 0.182. The molecule has 4 atom stereocenters. The Hall–Kier alpha value is -5.51. The van der Waals surface area contributed by atoms with Crippen molar-refractivity contribution in [1.82, 2.24) is 0 Å². The van der Waals surface area contributed by atoms with Crippen molar-refractivity contribution < 1.29 is 33.5 Å². The van der Waals surface area contributed by atoms with Crippen LogP contribution in [0, 0.1) is 27.9 Å². The smallest absolute Gasteiger partial charge is 0.319 e. The number of carbonyl (C=O) groups is 3. The number of carbonyl (C=O) groups excluding carboxylic acids is 3. The molecular weight excluding hydrogens is 552 g/mol. The van der Waals surface area contributed by atoms with Crippen molar-refractivity contribution in [2.45, 2.75) is 5.92 Å². The lowest BCUT2D eigenvalue weighted by molar-refractivity contribution is -0.384. The van der Waals surface area contributed by atoms with Crippen LogP contribution in [0.25, 0.3) is 16.3 Å². The van der Waals surface area contributed by atoms with Crippen LogP contribution in [-0.4, -0.2) is 36.9 Å². The Morgan fingerprint density at radius 1 is 0.837 bits per heavy atom. The lowest BCUT2D eigenvalue weighted by atomic mass is 9.64. The molecule has 2 aliphatic heterocycles. The van der Waals surface area contributed by atoms with Gasteiger partial charge in [0.2, 0.25) is 11.8 Å². The van der Waals surface area contributed by atoms with Gasteiger partial charge in [-0.1, -0.05) is 48.5 Å². The first-order valence-corrected chi connectivity index (χ1v) is 13.6. The molecule has 0 radical (unpaired) electrons. The van der Waals surface area contributed by atoms with E-state index < -0.39 is 52.1 Å². The molecule has 10 nitrogen and oxygen atoms in total. The predicted molar refractivity (Wildman–Crippen MR) is 156 cm³/mol. The number of hydrogen-bond acceptors (Lipinski definition) is 8. The minimum Gasteiger partial charge on any atom is -0.497 e. The lowest BCUT2D eigenvalue weighted by Gasteiger charge is -2.38. The first-order chi connectivity index (χ1) is 20.8. The summed E-state index contributed by atoms with van der Waals surface area (Å²) in [5.74, 6) is -4.66. The normalized spacial score (nSPS) is 22.3. The molecule has 43 heavy (non-hydrogen) atoms. The molecule has 0 N–H and O–H groups in total. The molecule has 10 heteroatoms. The van der Waals surface area contributed by atoms with Gasteiger partial charge < -0.3 is 14.2 Å². The third-order valence-corrected chi connectivity index (χ3v) is 8.60. The molecule has 1 aliphatic carbocycles. The Bertz CT molecular complexity index is 1900. The van der Waals surface area contributed by atoms with Gasteiger partial charge in [-0.05, 0) is 52.2 Å². The Morgan fingerprint density at radius 3 is 2.26 bits per heavy atom. The number of ether oxygens (including phenoxy) is 3. The van der Waals surface area contributed by atoms with Crippen molar-refractivity contribution in [1.29, 1.82) is 0 Å². The largest absolute Gasteiger partial charge is 0.497 e. The van der Waals surface area contributed by atoms with Crippen LogP contribution in [0.3, 0.4) is 0 Å². The second-order valence-corrected chi connectivity index (χ2v) is 10.7. The first-order valence-electron chi connectivity index (χ1n) is 13.6. The third kappa shape index (κ3) is 3.90. The van der Waals surface area contributed by atoms with Crippen molar-refractivity contribution in [3.05, 3.63) is 106 Å². The SMILES string of the molecule is COc1ccc([C@@H]2C=C3c4c(ccc5ccccc45)OC(=O)[C@@H]3[C@@H]3C(=O)N(c4ccc(OC)cc4[N+](=O)[O-])C(=O)[C@@H]32)cc1. The van der Waals surface area contributed by atoms with E-state index in [1.54, 1.807) is 25.3 Å². The van der Waals surface area contributed by atoms with Crippen LogP contribution in [0.4, 0.5) is 11.4 Å². The molecule has 0 aromatic heterocycles. The highest BCUT2D eigenvalue weighted by Crippen LogP contribution is 2.56. The molecule has 3 aliphatic rings. The Labute approximate surface area is 245 Å². The van der Waals surface area contributed by atoms with Crippen LogP contribution in [0.2, 0.25) is 0 Å². The van der Waals surface area contributed by atoms with E-state index in [0.29, 0.717) is 22.6 Å². The average Bonchev–Trinajstić information content (AvgIpc) is 3.29. The number of methoxy groups -OCH3 is 2. The van der Waals surface area contributed by atoms with Crippen molar-refractivity contribution in [2.24, 2.45) is 17.8 Å². The Morgan fingerprint density at radius 2 is 1.53 bits per heavy atom. The number of imide groups is 1. The monoisotopic (exact) mass is 576 g/mol. The maximum absolute atomic E-state index is 14.3. The number of rotatable bonds is 5. The number of nitro benzene ring substituents is 1. The molecule has 214 valence electrons. The van der Waals surface area contributed by atoms with Crippen LogP contribution in [0.1, 0.15) is 17.0 Å². The Kier molecular flexibility index (Phi) is 6.01. The molecular formula is C33H24N2O8. The lowest BCUT2D eigenvalue weighted by Crippen LogP contribution is -2.42. The van der Waals surface area contributed by atoms with Gasteiger partial charge in [0.05, 0.1) is 43.0 Å². The number of nitro groups is 1. The number of anilines is 1. The van der Waals surface area contributed by atoms with E-state index in [-0.39, 0.29) is 11.4 Å². The van der Waals surface area contributed by atoms with Crippen molar-refractivity contribution >= 4 is 45.5 Å². The van der Waals surface area contributed by atoms with Crippen molar-refractivity contribution in [3.8, 4) is 17.2 Å². The highest BCUT2D eigenvalue weighted by atomic mass is 16.6. The average molecular weight is 577 g/mol. The number of esters is 1. The van der Waals surface area contributed by atoms with Gasteiger partial charge in [0.15, 0.2) is 0 Å². The summed E-state index contributed by atoms with van der Waals surface area (Å²) >= 11 is 0. The number of benzene rings is 4. The van der Waals surface area contributed by atoms with Gasteiger partial charge in [-0.2, -0.15) is 0 Å². The van der Waals surface area contributed by atoms with Gasteiger partial charge >= 0.3 is 5.97 Å². The topological polar surface area (TPSA) is 125 Å². The van der Waals surface area contributed by atoms with Crippen molar-refractivity contribution in [2.75, 3.05) is 19.1 Å². The van der Waals surface area contributed by atoms with Crippen LogP contribution < -0.4 is 19.1 Å². The van der Waals surface area contributed by atoms with E-state index >= 15 is 0 Å². The molecule has 1 fully saturated rings. The number of allylic oxidation sites excluding steroid dienone is 1. The highest BCUT2D eigenvalue weighted by molar-refractivity contribution is 6.25.